The van der Waals surface area contributed by atoms with Crippen LogP contribution in [-0.2, 0) is 9.59 Å². The highest BCUT2D eigenvalue weighted by Gasteiger charge is 2.17. The van der Waals surface area contributed by atoms with Crippen LogP contribution in [0.4, 0.5) is 15.8 Å². The number of halogens is 1. The van der Waals surface area contributed by atoms with Gasteiger partial charge in [0.15, 0.2) is 0 Å². The number of carbonyl (C=O) groups excluding carboxylic acids is 2. The minimum Gasteiger partial charge on any atom is -0.324 e. The van der Waals surface area contributed by atoms with Crippen LogP contribution in [0.1, 0.15) is 12.5 Å². The lowest BCUT2D eigenvalue weighted by Crippen LogP contribution is -2.37. The highest BCUT2D eigenvalue weighted by atomic mass is 19.1. The molecule has 2 rings (SSSR count). The fourth-order valence-electron chi connectivity index (χ4n) is 2.14. The summed E-state index contributed by atoms with van der Waals surface area (Å²) in [5.74, 6) is -1.05. The number of hydrogen-bond donors (Lipinski definition) is 1. The molecular weight excluding hydrogens is 283 g/mol. The third-order valence-electron chi connectivity index (χ3n) is 3.20. The van der Waals surface area contributed by atoms with Crippen LogP contribution in [0.25, 0.3) is 0 Å². The van der Waals surface area contributed by atoms with Crippen molar-refractivity contribution in [1.29, 1.82) is 0 Å². The fourth-order valence-corrected chi connectivity index (χ4v) is 2.14. The van der Waals surface area contributed by atoms with E-state index in [1.54, 1.807) is 12.1 Å². The Morgan fingerprint density at radius 3 is 2.50 bits per heavy atom. The second kappa shape index (κ2) is 6.85. The maximum Gasteiger partial charge on any atom is 0.244 e. The quantitative estimate of drug-likeness (QED) is 0.943. The van der Waals surface area contributed by atoms with Crippen molar-refractivity contribution in [3.05, 3.63) is 59.9 Å². The molecule has 0 radical (unpaired) electrons. The predicted molar refractivity (Wildman–Crippen MR) is 84.2 cm³/mol. The molecule has 2 amide bonds. The summed E-state index contributed by atoms with van der Waals surface area (Å²) in [6, 6.07) is 12.9. The van der Waals surface area contributed by atoms with E-state index >= 15 is 0 Å². The summed E-state index contributed by atoms with van der Waals surface area (Å²) in [5, 5.41) is 2.58. The van der Waals surface area contributed by atoms with E-state index in [9.17, 15) is 14.0 Å². The standard InChI is InChI=1S/C17H17FN2O2/c1-12-6-3-4-9-16(12)20(13(2)21)11-17(22)19-15-8-5-7-14(18)10-15/h3-10H,11H2,1-2H3,(H,19,22). The summed E-state index contributed by atoms with van der Waals surface area (Å²) in [6.45, 7) is 3.15. The number of amides is 2. The number of anilines is 2. The Hall–Kier alpha value is -2.69. The fraction of sp³-hybridized carbons (Fsp3) is 0.176. The number of nitrogens with zero attached hydrogens (tertiary/aromatic N) is 1. The first kappa shape index (κ1) is 15.7. The Morgan fingerprint density at radius 1 is 1.14 bits per heavy atom. The Kier molecular flexibility index (Phi) is 4.88. The van der Waals surface area contributed by atoms with Gasteiger partial charge in [-0.15, -0.1) is 0 Å². The number of nitrogens with one attached hydrogen (secondary N) is 1. The SMILES string of the molecule is CC(=O)N(CC(=O)Nc1cccc(F)c1)c1ccccc1C. The van der Waals surface area contributed by atoms with E-state index in [-0.39, 0.29) is 18.4 Å². The lowest BCUT2D eigenvalue weighted by molar-refractivity contribution is -0.120. The first-order valence-corrected chi connectivity index (χ1v) is 6.86. The van der Waals surface area contributed by atoms with Crippen molar-refractivity contribution in [3.8, 4) is 0 Å². The van der Waals surface area contributed by atoms with Gasteiger partial charge in [0, 0.05) is 18.3 Å². The molecule has 4 nitrogen and oxygen atoms in total. The third-order valence-corrected chi connectivity index (χ3v) is 3.20. The highest BCUT2D eigenvalue weighted by molar-refractivity contribution is 6.02. The summed E-state index contributed by atoms with van der Waals surface area (Å²) in [5.41, 5.74) is 1.94. The van der Waals surface area contributed by atoms with Gasteiger partial charge in [0.05, 0.1) is 0 Å². The lowest BCUT2D eigenvalue weighted by atomic mass is 10.2. The Morgan fingerprint density at radius 2 is 1.86 bits per heavy atom. The zero-order valence-corrected chi connectivity index (χ0v) is 12.5. The van der Waals surface area contributed by atoms with Gasteiger partial charge in [-0.1, -0.05) is 24.3 Å². The monoisotopic (exact) mass is 300 g/mol. The molecule has 1 N–H and O–H groups in total. The van der Waals surface area contributed by atoms with E-state index in [1.165, 1.54) is 30.0 Å². The van der Waals surface area contributed by atoms with Crippen LogP contribution in [0.3, 0.4) is 0 Å². The summed E-state index contributed by atoms with van der Waals surface area (Å²) >= 11 is 0. The van der Waals surface area contributed by atoms with E-state index in [0.29, 0.717) is 11.4 Å². The summed E-state index contributed by atoms with van der Waals surface area (Å²) < 4.78 is 13.1. The average Bonchev–Trinajstić information content (AvgIpc) is 2.45. The molecule has 0 aliphatic heterocycles. The zero-order chi connectivity index (χ0) is 16.1. The lowest BCUT2D eigenvalue weighted by Gasteiger charge is -2.22. The van der Waals surface area contributed by atoms with Crippen molar-refractivity contribution in [3.63, 3.8) is 0 Å². The van der Waals surface area contributed by atoms with E-state index in [2.05, 4.69) is 5.32 Å². The van der Waals surface area contributed by atoms with Gasteiger partial charge in [-0.3, -0.25) is 9.59 Å². The molecule has 0 bridgehead atoms. The molecule has 0 saturated heterocycles. The van der Waals surface area contributed by atoms with Crippen LogP contribution in [0.5, 0.6) is 0 Å². The van der Waals surface area contributed by atoms with Gasteiger partial charge >= 0.3 is 0 Å². The first-order valence-electron chi connectivity index (χ1n) is 6.86. The van der Waals surface area contributed by atoms with Gasteiger partial charge in [-0.05, 0) is 36.8 Å². The Balaban J connectivity index is 2.13. The van der Waals surface area contributed by atoms with Gasteiger partial charge in [-0.25, -0.2) is 4.39 Å². The van der Waals surface area contributed by atoms with Crippen LogP contribution in [0, 0.1) is 12.7 Å². The number of aryl methyl sites for hydroxylation is 1. The molecular formula is C17H17FN2O2. The summed E-state index contributed by atoms with van der Waals surface area (Å²) in [4.78, 5) is 25.3. The highest BCUT2D eigenvalue weighted by Crippen LogP contribution is 2.19. The number of benzene rings is 2. The molecule has 114 valence electrons. The smallest absolute Gasteiger partial charge is 0.244 e. The van der Waals surface area contributed by atoms with Crippen molar-refractivity contribution in [2.45, 2.75) is 13.8 Å². The van der Waals surface area contributed by atoms with E-state index in [0.717, 1.165) is 5.56 Å². The van der Waals surface area contributed by atoms with E-state index < -0.39 is 5.82 Å². The maximum absolute atomic E-state index is 13.1. The number of para-hydroxylation sites is 1. The number of carbonyl (C=O) groups is 2. The molecule has 0 aliphatic rings. The van der Waals surface area contributed by atoms with Crippen molar-refractivity contribution in [2.24, 2.45) is 0 Å². The first-order chi connectivity index (χ1) is 10.5. The number of hydrogen-bond acceptors (Lipinski definition) is 2. The average molecular weight is 300 g/mol. The van der Waals surface area contributed by atoms with Gasteiger partial charge in [0.1, 0.15) is 12.4 Å². The zero-order valence-electron chi connectivity index (χ0n) is 12.5. The second-order valence-electron chi connectivity index (χ2n) is 4.95. The molecule has 5 heteroatoms. The van der Waals surface area contributed by atoms with Gasteiger partial charge in [-0.2, -0.15) is 0 Å². The molecule has 0 atom stereocenters. The van der Waals surface area contributed by atoms with Crippen LogP contribution in [0.15, 0.2) is 48.5 Å². The molecule has 0 aliphatic carbocycles. The second-order valence-corrected chi connectivity index (χ2v) is 4.95. The minimum atomic E-state index is -0.430. The van der Waals surface area contributed by atoms with Crippen molar-refractivity contribution in [1.82, 2.24) is 0 Å². The van der Waals surface area contributed by atoms with Crippen molar-refractivity contribution in [2.75, 3.05) is 16.8 Å². The molecule has 2 aromatic rings. The van der Waals surface area contributed by atoms with Crippen molar-refractivity contribution < 1.29 is 14.0 Å². The predicted octanol–water partition coefficient (Wildman–Crippen LogP) is 3.13. The maximum atomic E-state index is 13.1. The molecule has 0 saturated carbocycles. The summed E-state index contributed by atoms with van der Waals surface area (Å²) in [7, 11) is 0. The van der Waals surface area contributed by atoms with Crippen LogP contribution >= 0.6 is 0 Å². The Bertz CT molecular complexity index is 701. The molecule has 2 aromatic carbocycles. The van der Waals surface area contributed by atoms with E-state index in [1.807, 2.05) is 25.1 Å². The van der Waals surface area contributed by atoms with Gasteiger partial charge in [0.25, 0.3) is 0 Å². The minimum absolute atomic E-state index is 0.128. The van der Waals surface area contributed by atoms with Gasteiger partial charge in [0.2, 0.25) is 11.8 Å². The van der Waals surface area contributed by atoms with E-state index in [4.69, 9.17) is 0 Å². The van der Waals surface area contributed by atoms with Crippen molar-refractivity contribution >= 4 is 23.2 Å². The van der Waals surface area contributed by atoms with Crippen LogP contribution in [-0.4, -0.2) is 18.4 Å². The Labute approximate surface area is 128 Å². The largest absolute Gasteiger partial charge is 0.324 e. The molecule has 22 heavy (non-hydrogen) atoms. The molecule has 0 heterocycles. The molecule has 0 aromatic heterocycles. The normalized spacial score (nSPS) is 10.1. The third kappa shape index (κ3) is 3.91. The molecule has 0 spiro atoms. The van der Waals surface area contributed by atoms with Crippen LogP contribution < -0.4 is 10.2 Å². The molecule has 0 fully saturated rings. The summed E-state index contributed by atoms with van der Waals surface area (Å²) in [6.07, 6.45) is 0. The van der Waals surface area contributed by atoms with Gasteiger partial charge < -0.3 is 10.2 Å². The topological polar surface area (TPSA) is 49.4 Å². The molecule has 0 unspecified atom stereocenters. The number of rotatable bonds is 4. The van der Waals surface area contributed by atoms with Crippen LogP contribution in [0.2, 0.25) is 0 Å².